The van der Waals surface area contributed by atoms with E-state index < -0.39 is 0 Å². The lowest BCUT2D eigenvalue weighted by molar-refractivity contribution is 0.0916. The quantitative estimate of drug-likeness (QED) is 0.755. The largest absolute Gasteiger partial charge is 0.346 e. The maximum Gasteiger partial charge on any atom is 0.272 e. The summed E-state index contributed by atoms with van der Waals surface area (Å²) >= 11 is 0. The average molecular weight is 377 g/mol. The predicted octanol–water partition coefficient (Wildman–Crippen LogP) is 3.59. The molecule has 0 radical (unpaired) electrons. The van der Waals surface area contributed by atoms with Gasteiger partial charge >= 0.3 is 0 Å². The first-order valence-electron chi connectivity index (χ1n) is 9.86. The number of rotatable bonds is 4. The average Bonchev–Trinajstić information content (AvgIpc) is 3.25. The van der Waals surface area contributed by atoms with E-state index in [1.54, 1.807) is 0 Å². The summed E-state index contributed by atoms with van der Waals surface area (Å²) in [6.45, 7) is 7.74. The molecule has 4 rings (SSSR count). The molecule has 0 saturated carbocycles. The van der Waals surface area contributed by atoms with Gasteiger partial charge in [0.05, 0.1) is 17.3 Å². The highest BCUT2D eigenvalue weighted by Crippen LogP contribution is 2.33. The second-order valence-corrected chi connectivity index (χ2v) is 8.43. The van der Waals surface area contributed by atoms with Crippen molar-refractivity contribution < 1.29 is 4.79 Å². The number of carbonyl (C=O) groups is 1. The molecule has 0 aromatic carbocycles. The van der Waals surface area contributed by atoms with E-state index in [-0.39, 0.29) is 17.5 Å². The molecule has 4 heterocycles. The molecule has 3 aromatic heterocycles. The molecule has 6 heteroatoms. The van der Waals surface area contributed by atoms with Gasteiger partial charge in [-0.3, -0.25) is 14.7 Å². The summed E-state index contributed by atoms with van der Waals surface area (Å²) in [5, 5.41) is 3.04. The Bertz CT molecular complexity index is 974. The summed E-state index contributed by atoms with van der Waals surface area (Å²) in [4.78, 5) is 24.6. The summed E-state index contributed by atoms with van der Waals surface area (Å²) in [7, 11) is 0. The Morgan fingerprint density at radius 3 is 2.79 bits per heavy atom. The monoisotopic (exact) mass is 377 g/mol. The van der Waals surface area contributed by atoms with Gasteiger partial charge in [-0.2, -0.15) is 0 Å². The van der Waals surface area contributed by atoms with Gasteiger partial charge in [0.1, 0.15) is 5.82 Å². The van der Waals surface area contributed by atoms with Crippen LogP contribution in [0.4, 0.5) is 0 Å². The molecule has 0 aliphatic carbocycles. The summed E-state index contributed by atoms with van der Waals surface area (Å²) in [5.41, 5.74) is 2.10. The number of imidazole rings is 1. The van der Waals surface area contributed by atoms with Gasteiger partial charge in [0.15, 0.2) is 5.69 Å². The number of amides is 1. The number of carbonyl (C=O) groups excluding carboxylic acids is 1. The number of pyridine rings is 2. The molecule has 1 aliphatic heterocycles. The molecule has 6 nitrogen and oxygen atoms in total. The van der Waals surface area contributed by atoms with E-state index in [0.717, 1.165) is 43.0 Å². The molecular weight excluding hydrogens is 350 g/mol. The summed E-state index contributed by atoms with van der Waals surface area (Å²) in [6, 6.07) is 12.1. The second-order valence-electron chi connectivity index (χ2n) is 8.43. The van der Waals surface area contributed by atoms with Gasteiger partial charge in [-0.1, -0.05) is 12.1 Å². The van der Waals surface area contributed by atoms with E-state index in [9.17, 15) is 4.79 Å². The Balaban J connectivity index is 1.69. The summed E-state index contributed by atoms with van der Waals surface area (Å²) < 4.78 is 2.07. The zero-order chi connectivity index (χ0) is 19.7. The van der Waals surface area contributed by atoms with Crippen molar-refractivity contribution in [1.82, 2.24) is 24.6 Å². The van der Waals surface area contributed by atoms with Gasteiger partial charge in [-0.15, -0.1) is 0 Å². The fourth-order valence-corrected chi connectivity index (χ4v) is 3.87. The maximum atomic E-state index is 12.9. The zero-order valence-corrected chi connectivity index (χ0v) is 16.7. The molecule has 1 aliphatic rings. The Morgan fingerprint density at radius 1 is 1.21 bits per heavy atom. The number of hydrogen-bond donors (Lipinski definition) is 1. The van der Waals surface area contributed by atoms with Crippen LogP contribution in [0.25, 0.3) is 5.52 Å². The van der Waals surface area contributed by atoms with E-state index >= 15 is 0 Å². The highest BCUT2D eigenvalue weighted by molar-refractivity contribution is 5.99. The third-order valence-electron chi connectivity index (χ3n) is 5.03. The van der Waals surface area contributed by atoms with Crippen molar-refractivity contribution >= 4 is 11.4 Å². The van der Waals surface area contributed by atoms with Crippen LogP contribution in [0.15, 0.2) is 48.8 Å². The standard InChI is InChI=1S/C22H27N5O/c1-22(2,3)25-21(28)19-17-10-5-7-14-27(17)20(24-19)18-11-8-13-26(18)15-16-9-4-6-12-23-16/h4-7,9-10,12,14,18H,8,11,13,15H2,1-3H3,(H,25,28)/t18-/m0/s1. The van der Waals surface area contributed by atoms with Gasteiger partial charge < -0.3 is 9.72 Å². The first kappa shape index (κ1) is 18.6. The minimum absolute atomic E-state index is 0.128. The third kappa shape index (κ3) is 3.78. The third-order valence-corrected chi connectivity index (χ3v) is 5.03. The molecule has 1 atom stereocenters. The molecule has 0 unspecified atom stereocenters. The van der Waals surface area contributed by atoms with Crippen molar-refractivity contribution in [3.05, 3.63) is 66.0 Å². The molecule has 0 bridgehead atoms. The van der Waals surface area contributed by atoms with Gasteiger partial charge in [0, 0.05) is 24.5 Å². The first-order chi connectivity index (χ1) is 13.4. The van der Waals surface area contributed by atoms with Crippen molar-refractivity contribution in [3.8, 4) is 0 Å². The van der Waals surface area contributed by atoms with Gasteiger partial charge in [-0.05, 0) is 64.4 Å². The molecular formula is C22H27N5O. The smallest absolute Gasteiger partial charge is 0.272 e. The fraction of sp³-hybridized carbons (Fsp3) is 0.409. The second kappa shape index (κ2) is 7.36. The van der Waals surface area contributed by atoms with Crippen molar-refractivity contribution in [2.45, 2.75) is 51.7 Å². The van der Waals surface area contributed by atoms with Crippen LogP contribution in [0, 0.1) is 0 Å². The molecule has 28 heavy (non-hydrogen) atoms. The van der Waals surface area contributed by atoms with Crippen LogP contribution in [0.3, 0.4) is 0 Å². The van der Waals surface area contributed by atoms with E-state index in [2.05, 4.69) is 25.7 Å². The molecule has 1 N–H and O–H groups in total. The number of aromatic nitrogens is 3. The SMILES string of the molecule is CC(C)(C)NC(=O)c1nc([C@@H]2CCCN2Cc2ccccn2)n2ccccc12. The minimum atomic E-state index is -0.305. The molecule has 0 spiro atoms. The molecule has 3 aromatic rings. The first-order valence-corrected chi connectivity index (χ1v) is 9.86. The van der Waals surface area contributed by atoms with E-state index in [1.807, 2.05) is 63.5 Å². The van der Waals surface area contributed by atoms with Gasteiger partial charge in [-0.25, -0.2) is 4.98 Å². The summed E-state index contributed by atoms with van der Waals surface area (Å²) in [5.74, 6) is 0.805. The number of nitrogens with one attached hydrogen (secondary N) is 1. The highest BCUT2D eigenvalue weighted by atomic mass is 16.2. The predicted molar refractivity (Wildman–Crippen MR) is 109 cm³/mol. The zero-order valence-electron chi connectivity index (χ0n) is 16.7. The Morgan fingerprint density at radius 2 is 2.04 bits per heavy atom. The van der Waals surface area contributed by atoms with Crippen LogP contribution in [-0.2, 0) is 6.54 Å². The number of fused-ring (bicyclic) bond motifs is 1. The number of nitrogens with zero attached hydrogens (tertiary/aromatic N) is 4. The lowest BCUT2D eigenvalue weighted by atomic mass is 10.1. The lowest BCUT2D eigenvalue weighted by Gasteiger charge is -2.23. The van der Waals surface area contributed by atoms with Crippen molar-refractivity contribution in [3.63, 3.8) is 0 Å². The maximum absolute atomic E-state index is 12.9. The fourth-order valence-electron chi connectivity index (χ4n) is 3.87. The van der Waals surface area contributed by atoms with Crippen LogP contribution >= 0.6 is 0 Å². The van der Waals surface area contributed by atoms with E-state index in [0.29, 0.717) is 5.69 Å². The Kier molecular flexibility index (Phi) is 4.89. The van der Waals surface area contributed by atoms with Crippen molar-refractivity contribution in [2.24, 2.45) is 0 Å². The normalized spacial score (nSPS) is 17.9. The Labute approximate surface area is 165 Å². The van der Waals surface area contributed by atoms with Crippen molar-refractivity contribution in [2.75, 3.05) is 6.54 Å². The molecule has 1 fully saturated rings. The van der Waals surface area contributed by atoms with Gasteiger partial charge in [0.25, 0.3) is 5.91 Å². The highest BCUT2D eigenvalue weighted by Gasteiger charge is 2.32. The van der Waals surface area contributed by atoms with E-state index in [1.165, 1.54) is 0 Å². The van der Waals surface area contributed by atoms with Crippen molar-refractivity contribution in [1.29, 1.82) is 0 Å². The van der Waals surface area contributed by atoms with Gasteiger partial charge in [0.2, 0.25) is 0 Å². The Hall–Kier alpha value is -2.73. The van der Waals surface area contributed by atoms with Crippen LogP contribution in [0.1, 0.15) is 61.7 Å². The van der Waals surface area contributed by atoms with Crippen LogP contribution in [0.2, 0.25) is 0 Å². The lowest BCUT2D eigenvalue weighted by Crippen LogP contribution is -2.40. The summed E-state index contributed by atoms with van der Waals surface area (Å²) in [6.07, 6.45) is 5.98. The van der Waals surface area contributed by atoms with E-state index in [4.69, 9.17) is 4.98 Å². The minimum Gasteiger partial charge on any atom is -0.346 e. The number of likely N-dealkylation sites (tertiary alicyclic amines) is 1. The topological polar surface area (TPSA) is 62.5 Å². The van der Waals surface area contributed by atoms with Crippen LogP contribution < -0.4 is 5.32 Å². The molecule has 146 valence electrons. The number of hydrogen-bond acceptors (Lipinski definition) is 4. The molecule has 1 amide bonds. The van der Waals surface area contributed by atoms with Crippen LogP contribution in [-0.4, -0.2) is 37.3 Å². The van der Waals surface area contributed by atoms with Crippen LogP contribution in [0.5, 0.6) is 0 Å². The molecule has 1 saturated heterocycles.